The van der Waals surface area contributed by atoms with Crippen molar-refractivity contribution in [2.24, 2.45) is 16.5 Å². The number of rotatable bonds is 10. The molecule has 0 saturated heterocycles. The number of hydrogen-bond acceptors (Lipinski definition) is 4. The highest BCUT2D eigenvalue weighted by atomic mass is 16.5. The molecule has 0 aliphatic carbocycles. The standard InChI is InChI=1S/C13H26N4O3/c1-3-4-5-8-11(18)17-10(12(19)20-2)7-6-9-16-13(14)15/h10H,3-9H2,1-2H3,(H,17,18)(H4,14,15,16)/t10-/m0/s1. The third kappa shape index (κ3) is 9.18. The first kappa shape index (κ1) is 18.2. The van der Waals surface area contributed by atoms with Crippen LogP contribution in [0.5, 0.6) is 0 Å². The number of guanidine groups is 1. The van der Waals surface area contributed by atoms with Gasteiger partial charge in [-0.25, -0.2) is 4.79 Å². The molecule has 1 amide bonds. The van der Waals surface area contributed by atoms with Crippen LogP contribution in [0.1, 0.15) is 45.4 Å². The number of carbonyl (C=O) groups excluding carboxylic acids is 2. The highest BCUT2D eigenvalue weighted by Gasteiger charge is 2.20. The molecule has 7 nitrogen and oxygen atoms in total. The van der Waals surface area contributed by atoms with E-state index in [0.717, 1.165) is 19.3 Å². The van der Waals surface area contributed by atoms with Crippen LogP contribution < -0.4 is 16.8 Å². The Kier molecular flexibility index (Phi) is 10.1. The van der Waals surface area contributed by atoms with Crippen LogP contribution in [-0.2, 0) is 14.3 Å². The van der Waals surface area contributed by atoms with Crippen LogP contribution in [0.2, 0.25) is 0 Å². The van der Waals surface area contributed by atoms with Crippen LogP contribution in [0.3, 0.4) is 0 Å². The molecule has 116 valence electrons. The largest absolute Gasteiger partial charge is 0.467 e. The van der Waals surface area contributed by atoms with Gasteiger partial charge in [0.2, 0.25) is 5.91 Å². The molecule has 20 heavy (non-hydrogen) atoms. The second-order valence-electron chi connectivity index (χ2n) is 4.55. The Hall–Kier alpha value is -1.79. The first-order valence-electron chi connectivity index (χ1n) is 6.93. The molecule has 0 rings (SSSR count). The summed E-state index contributed by atoms with van der Waals surface area (Å²) in [7, 11) is 1.30. The summed E-state index contributed by atoms with van der Waals surface area (Å²) in [5.74, 6) is -0.558. The fourth-order valence-corrected chi connectivity index (χ4v) is 1.70. The van der Waals surface area contributed by atoms with Gasteiger partial charge < -0.3 is 21.5 Å². The van der Waals surface area contributed by atoms with Gasteiger partial charge in [0.05, 0.1) is 7.11 Å². The lowest BCUT2D eigenvalue weighted by Gasteiger charge is -2.16. The zero-order valence-corrected chi connectivity index (χ0v) is 12.4. The predicted octanol–water partition coefficient (Wildman–Crippen LogP) is 0.278. The molecule has 0 unspecified atom stereocenters. The summed E-state index contributed by atoms with van der Waals surface area (Å²) in [6.07, 6.45) is 4.34. The quantitative estimate of drug-likeness (QED) is 0.230. The molecule has 0 aromatic carbocycles. The second-order valence-corrected chi connectivity index (χ2v) is 4.55. The van der Waals surface area contributed by atoms with E-state index in [-0.39, 0.29) is 11.9 Å². The Morgan fingerprint density at radius 3 is 2.50 bits per heavy atom. The SMILES string of the molecule is CCCCCC(=O)N[C@@H](CCCN=C(N)N)C(=O)OC. The molecule has 0 aliphatic rings. The van der Waals surface area contributed by atoms with Crippen LogP contribution in [0.15, 0.2) is 4.99 Å². The molecule has 0 bridgehead atoms. The van der Waals surface area contributed by atoms with E-state index in [1.54, 1.807) is 0 Å². The lowest BCUT2D eigenvalue weighted by Crippen LogP contribution is -2.41. The van der Waals surface area contributed by atoms with Crippen molar-refractivity contribution in [2.45, 2.75) is 51.5 Å². The summed E-state index contributed by atoms with van der Waals surface area (Å²) < 4.78 is 4.68. The van der Waals surface area contributed by atoms with Gasteiger partial charge in [-0.15, -0.1) is 0 Å². The van der Waals surface area contributed by atoms with Gasteiger partial charge in [-0.3, -0.25) is 9.79 Å². The fraction of sp³-hybridized carbons (Fsp3) is 0.769. The number of esters is 1. The normalized spacial score (nSPS) is 11.5. The number of hydrogen-bond donors (Lipinski definition) is 3. The summed E-state index contributed by atoms with van der Waals surface area (Å²) in [6, 6.07) is -0.636. The van der Waals surface area contributed by atoms with E-state index in [2.05, 4.69) is 22.0 Å². The molecule has 0 heterocycles. The highest BCUT2D eigenvalue weighted by molar-refractivity contribution is 5.84. The Balaban J connectivity index is 4.17. The molecule has 1 atom stereocenters. The summed E-state index contributed by atoms with van der Waals surface area (Å²) in [5.41, 5.74) is 10.4. The third-order valence-electron chi connectivity index (χ3n) is 2.77. The summed E-state index contributed by atoms with van der Waals surface area (Å²) in [6.45, 7) is 2.49. The van der Waals surface area contributed by atoms with E-state index in [9.17, 15) is 9.59 Å². The third-order valence-corrected chi connectivity index (χ3v) is 2.77. The van der Waals surface area contributed by atoms with E-state index in [0.29, 0.717) is 25.8 Å². The number of nitrogens with one attached hydrogen (secondary N) is 1. The Bertz CT molecular complexity index is 328. The van der Waals surface area contributed by atoms with Crippen LogP contribution in [0.4, 0.5) is 0 Å². The molecule has 7 heteroatoms. The van der Waals surface area contributed by atoms with Gasteiger partial charge >= 0.3 is 5.97 Å². The minimum absolute atomic E-state index is 0.0169. The second kappa shape index (κ2) is 11.1. The molecule has 0 aliphatic heterocycles. The molecule has 0 saturated carbocycles. The maximum Gasteiger partial charge on any atom is 0.328 e. The van der Waals surface area contributed by atoms with Crippen molar-refractivity contribution in [1.82, 2.24) is 5.32 Å². The molecule has 0 spiro atoms. The first-order chi connectivity index (χ1) is 9.51. The number of amides is 1. The van der Waals surface area contributed by atoms with Crippen molar-refractivity contribution < 1.29 is 14.3 Å². The highest BCUT2D eigenvalue weighted by Crippen LogP contribution is 2.03. The van der Waals surface area contributed by atoms with Gasteiger partial charge in [-0.1, -0.05) is 19.8 Å². The van der Waals surface area contributed by atoms with E-state index < -0.39 is 12.0 Å². The number of carbonyl (C=O) groups is 2. The smallest absolute Gasteiger partial charge is 0.328 e. The molecular formula is C13H26N4O3. The Labute approximate surface area is 120 Å². The van der Waals surface area contributed by atoms with Gasteiger partial charge in [0.1, 0.15) is 6.04 Å². The van der Waals surface area contributed by atoms with E-state index in [1.165, 1.54) is 7.11 Å². The first-order valence-corrected chi connectivity index (χ1v) is 6.93. The maximum atomic E-state index is 11.7. The van der Waals surface area contributed by atoms with Gasteiger partial charge in [0.15, 0.2) is 5.96 Å². The average molecular weight is 286 g/mol. The molecule has 0 aromatic rings. The van der Waals surface area contributed by atoms with E-state index >= 15 is 0 Å². The van der Waals surface area contributed by atoms with Crippen molar-refractivity contribution in [3.63, 3.8) is 0 Å². The van der Waals surface area contributed by atoms with Crippen LogP contribution in [0, 0.1) is 0 Å². The lowest BCUT2D eigenvalue weighted by molar-refractivity contribution is -0.145. The maximum absolute atomic E-state index is 11.7. The molecule has 0 fully saturated rings. The van der Waals surface area contributed by atoms with Crippen LogP contribution in [-0.4, -0.2) is 37.5 Å². The molecular weight excluding hydrogens is 260 g/mol. The zero-order chi connectivity index (χ0) is 15.4. The Morgan fingerprint density at radius 1 is 1.25 bits per heavy atom. The zero-order valence-electron chi connectivity index (χ0n) is 12.4. The van der Waals surface area contributed by atoms with Crippen molar-refractivity contribution in [3.8, 4) is 0 Å². The predicted molar refractivity (Wildman–Crippen MR) is 78.0 cm³/mol. The molecule has 5 N–H and O–H groups in total. The molecule has 0 aromatic heterocycles. The minimum Gasteiger partial charge on any atom is -0.467 e. The van der Waals surface area contributed by atoms with Crippen LogP contribution >= 0.6 is 0 Å². The fourth-order valence-electron chi connectivity index (χ4n) is 1.70. The lowest BCUT2D eigenvalue weighted by atomic mass is 10.1. The number of nitrogens with zero attached hydrogens (tertiary/aromatic N) is 1. The van der Waals surface area contributed by atoms with Gasteiger partial charge in [-0.2, -0.15) is 0 Å². The van der Waals surface area contributed by atoms with E-state index in [4.69, 9.17) is 11.5 Å². The number of nitrogens with two attached hydrogens (primary N) is 2. The average Bonchev–Trinajstić information content (AvgIpc) is 2.41. The summed E-state index contributed by atoms with van der Waals surface area (Å²) in [4.78, 5) is 27.1. The van der Waals surface area contributed by atoms with Gasteiger partial charge in [0, 0.05) is 13.0 Å². The molecule has 0 radical (unpaired) electrons. The van der Waals surface area contributed by atoms with Gasteiger partial charge in [-0.05, 0) is 19.3 Å². The van der Waals surface area contributed by atoms with Crippen LogP contribution in [0.25, 0.3) is 0 Å². The topological polar surface area (TPSA) is 120 Å². The number of methoxy groups -OCH3 is 1. The number of ether oxygens (including phenoxy) is 1. The number of aliphatic imine (C=N–C) groups is 1. The summed E-state index contributed by atoms with van der Waals surface area (Å²) >= 11 is 0. The Morgan fingerprint density at radius 2 is 1.95 bits per heavy atom. The van der Waals surface area contributed by atoms with Crippen molar-refractivity contribution in [1.29, 1.82) is 0 Å². The number of unbranched alkanes of at least 4 members (excludes halogenated alkanes) is 2. The van der Waals surface area contributed by atoms with Crippen molar-refractivity contribution in [3.05, 3.63) is 0 Å². The van der Waals surface area contributed by atoms with Crippen molar-refractivity contribution in [2.75, 3.05) is 13.7 Å². The summed E-state index contributed by atoms with van der Waals surface area (Å²) in [5, 5.41) is 2.69. The van der Waals surface area contributed by atoms with Crippen molar-refractivity contribution >= 4 is 17.8 Å². The monoisotopic (exact) mass is 286 g/mol. The van der Waals surface area contributed by atoms with E-state index in [1.807, 2.05) is 0 Å². The minimum atomic E-state index is -0.636. The van der Waals surface area contributed by atoms with Gasteiger partial charge in [0.25, 0.3) is 0 Å².